The molecule has 0 radical (unpaired) electrons. The summed E-state index contributed by atoms with van der Waals surface area (Å²) in [6.07, 6.45) is 0. The van der Waals surface area contributed by atoms with Crippen LogP contribution in [0.1, 0.15) is 5.69 Å². The van der Waals surface area contributed by atoms with Crippen molar-refractivity contribution < 1.29 is 12.6 Å². The van der Waals surface area contributed by atoms with Gasteiger partial charge in [0.1, 0.15) is 0 Å². The summed E-state index contributed by atoms with van der Waals surface area (Å²) in [5.41, 5.74) is 0.786. The fourth-order valence-corrected chi connectivity index (χ4v) is 1.01. The molecule has 1 rings (SSSR count). The fraction of sp³-hybridized carbons (Fsp3) is 0.400. The predicted octanol–water partition coefficient (Wildman–Crippen LogP) is -0.689. The minimum atomic E-state index is -3.96. The largest absolute Gasteiger partial charge is 0.381 e. The van der Waals surface area contributed by atoms with E-state index in [0.717, 1.165) is 5.69 Å². The minimum absolute atomic E-state index is 0.0162. The Kier molecular flexibility index (Phi) is 2.07. The van der Waals surface area contributed by atoms with Crippen LogP contribution in [-0.2, 0) is 17.4 Å². The Morgan fingerprint density at radius 1 is 1.67 bits per heavy atom. The van der Waals surface area contributed by atoms with Crippen molar-refractivity contribution in [3.8, 4) is 5.88 Å². The Morgan fingerprint density at radius 2 is 2.25 bits per heavy atom. The van der Waals surface area contributed by atoms with Crippen molar-refractivity contribution in [1.29, 1.82) is 0 Å². The molecular formula is C5H9N3O3S. The lowest BCUT2D eigenvalue weighted by Crippen LogP contribution is -2.19. The summed E-state index contributed by atoms with van der Waals surface area (Å²) in [6.45, 7) is 1.77. The second-order valence-corrected chi connectivity index (χ2v) is 3.48. The van der Waals surface area contributed by atoms with Crippen LogP contribution in [-0.4, -0.2) is 18.2 Å². The van der Waals surface area contributed by atoms with Gasteiger partial charge in [-0.15, -0.1) is 5.10 Å². The van der Waals surface area contributed by atoms with E-state index in [1.807, 2.05) is 0 Å². The minimum Gasteiger partial charge on any atom is -0.349 e. The number of nitrogens with two attached hydrogens (primary N) is 1. The Hall–Kier alpha value is -1.08. The molecule has 68 valence electrons. The Bertz CT molecular complexity index is 361. The van der Waals surface area contributed by atoms with Gasteiger partial charge >= 0.3 is 10.3 Å². The molecule has 0 fully saturated rings. The molecule has 0 aliphatic heterocycles. The molecule has 0 unspecified atom stereocenters. The molecule has 0 amide bonds. The molecule has 1 heterocycles. The summed E-state index contributed by atoms with van der Waals surface area (Å²) < 4.78 is 26.7. The van der Waals surface area contributed by atoms with Crippen LogP contribution in [0, 0.1) is 6.92 Å². The Balaban J connectivity index is 2.92. The van der Waals surface area contributed by atoms with Gasteiger partial charge in [0, 0.05) is 18.8 Å². The molecule has 1 aromatic heterocycles. The van der Waals surface area contributed by atoms with Gasteiger partial charge in [-0.2, -0.15) is 13.6 Å². The van der Waals surface area contributed by atoms with Crippen molar-refractivity contribution in [2.75, 3.05) is 0 Å². The molecule has 0 aliphatic rings. The maximum absolute atomic E-state index is 10.4. The van der Waals surface area contributed by atoms with Crippen LogP contribution in [0.2, 0.25) is 0 Å². The zero-order chi connectivity index (χ0) is 9.35. The Morgan fingerprint density at radius 3 is 2.58 bits per heavy atom. The lowest BCUT2D eigenvalue weighted by Gasteiger charge is -1.94. The van der Waals surface area contributed by atoms with E-state index in [1.165, 1.54) is 10.7 Å². The van der Waals surface area contributed by atoms with Crippen LogP contribution in [0.3, 0.4) is 0 Å². The first-order chi connectivity index (χ1) is 5.38. The van der Waals surface area contributed by atoms with Gasteiger partial charge in [-0.1, -0.05) is 0 Å². The Labute approximate surface area is 70.2 Å². The van der Waals surface area contributed by atoms with Crippen molar-refractivity contribution >= 4 is 10.3 Å². The summed E-state index contributed by atoms with van der Waals surface area (Å²) in [5.74, 6) is -0.0162. The standard InChI is InChI=1S/C5H9N3O3S/c1-4-3-5(7-8(4)2)11-12(6,9)10/h3H,1-2H3,(H2,6,9,10). The van der Waals surface area contributed by atoms with Crippen molar-refractivity contribution in [1.82, 2.24) is 9.78 Å². The monoisotopic (exact) mass is 191 g/mol. The molecule has 6 nitrogen and oxygen atoms in total. The van der Waals surface area contributed by atoms with E-state index >= 15 is 0 Å². The average molecular weight is 191 g/mol. The number of aryl methyl sites for hydroxylation is 2. The van der Waals surface area contributed by atoms with Crippen LogP contribution < -0.4 is 9.32 Å². The molecule has 12 heavy (non-hydrogen) atoms. The molecule has 7 heteroatoms. The number of rotatable bonds is 2. The third kappa shape index (κ3) is 2.21. The summed E-state index contributed by atoms with van der Waals surface area (Å²) >= 11 is 0. The van der Waals surface area contributed by atoms with Gasteiger partial charge in [0.25, 0.3) is 5.88 Å². The van der Waals surface area contributed by atoms with Crippen molar-refractivity contribution in [3.05, 3.63) is 11.8 Å². The van der Waals surface area contributed by atoms with Crippen LogP contribution in [0.25, 0.3) is 0 Å². The van der Waals surface area contributed by atoms with Crippen molar-refractivity contribution in [2.24, 2.45) is 12.2 Å². The van der Waals surface area contributed by atoms with Crippen LogP contribution in [0.4, 0.5) is 0 Å². The highest BCUT2D eigenvalue weighted by Crippen LogP contribution is 2.10. The second-order valence-electron chi connectivity index (χ2n) is 2.32. The van der Waals surface area contributed by atoms with Crippen LogP contribution in [0.15, 0.2) is 6.07 Å². The molecular weight excluding hydrogens is 182 g/mol. The van der Waals surface area contributed by atoms with Crippen molar-refractivity contribution in [3.63, 3.8) is 0 Å². The zero-order valence-electron chi connectivity index (χ0n) is 6.68. The van der Waals surface area contributed by atoms with Gasteiger partial charge < -0.3 is 4.18 Å². The highest BCUT2D eigenvalue weighted by Gasteiger charge is 2.08. The lowest BCUT2D eigenvalue weighted by molar-refractivity contribution is 0.472. The highest BCUT2D eigenvalue weighted by molar-refractivity contribution is 7.84. The van der Waals surface area contributed by atoms with E-state index in [-0.39, 0.29) is 5.88 Å². The van der Waals surface area contributed by atoms with Crippen LogP contribution >= 0.6 is 0 Å². The number of nitrogens with zero attached hydrogens (tertiary/aromatic N) is 2. The van der Waals surface area contributed by atoms with E-state index in [9.17, 15) is 8.42 Å². The van der Waals surface area contributed by atoms with Gasteiger partial charge in [0.2, 0.25) is 0 Å². The molecule has 0 saturated carbocycles. The van der Waals surface area contributed by atoms with E-state index in [1.54, 1.807) is 14.0 Å². The smallest absolute Gasteiger partial charge is 0.349 e. The lowest BCUT2D eigenvalue weighted by atomic mass is 10.5. The van der Waals surface area contributed by atoms with Gasteiger partial charge in [0.15, 0.2) is 0 Å². The molecule has 0 spiro atoms. The average Bonchev–Trinajstić information content (AvgIpc) is 2.07. The maximum atomic E-state index is 10.4. The predicted molar refractivity (Wildman–Crippen MR) is 41.7 cm³/mol. The second kappa shape index (κ2) is 2.76. The summed E-state index contributed by atoms with van der Waals surface area (Å²) in [5, 5.41) is 8.36. The zero-order valence-corrected chi connectivity index (χ0v) is 7.50. The topological polar surface area (TPSA) is 87.2 Å². The number of hydrogen-bond donors (Lipinski definition) is 1. The molecule has 0 aliphatic carbocycles. The number of aromatic nitrogens is 2. The number of hydrogen-bond acceptors (Lipinski definition) is 4. The SMILES string of the molecule is Cc1cc(OS(N)(=O)=O)nn1C. The van der Waals surface area contributed by atoms with E-state index in [2.05, 4.69) is 14.4 Å². The highest BCUT2D eigenvalue weighted by atomic mass is 32.2. The molecule has 0 atom stereocenters. The summed E-state index contributed by atoms with van der Waals surface area (Å²) in [6, 6.07) is 1.48. The molecule has 2 N–H and O–H groups in total. The summed E-state index contributed by atoms with van der Waals surface area (Å²) in [7, 11) is -2.28. The van der Waals surface area contributed by atoms with Gasteiger partial charge in [-0.3, -0.25) is 4.68 Å². The summed E-state index contributed by atoms with van der Waals surface area (Å²) in [4.78, 5) is 0. The van der Waals surface area contributed by atoms with E-state index in [0.29, 0.717) is 0 Å². The first-order valence-corrected chi connectivity index (χ1v) is 4.58. The first kappa shape index (κ1) is 9.01. The first-order valence-electron chi connectivity index (χ1n) is 3.11. The third-order valence-corrected chi connectivity index (χ3v) is 1.70. The molecule has 0 saturated heterocycles. The van der Waals surface area contributed by atoms with Gasteiger partial charge in [0.05, 0.1) is 0 Å². The van der Waals surface area contributed by atoms with Gasteiger partial charge in [-0.25, -0.2) is 0 Å². The maximum Gasteiger partial charge on any atom is 0.381 e. The van der Waals surface area contributed by atoms with Crippen molar-refractivity contribution in [2.45, 2.75) is 6.92 Å². The quantitative estimate of drug-likeness (QED) is 0.670. The third-order valence-electron chi connectivity index (χ3n) is 1.29. The molecule has 0 bridgehead atoms. The van der Waals surface area contributed by atoms with E-state index < -0.39 is 10.3 Å². The van der Waals surface area contributed by atoms with E-state index in [4.69, 9.17) is 0 Å². The van der Waals surface area contributed by atoms with Gasteiger partial charge in [-0.05, 0) is 6.92 Å². The molecule has 1 aromatic rings. The normalized spacial score (nSPS) is 11.6. The van der Waals surface area contributed by atoms with Crippen LogP contribution in [0.5, 0.6) is 5.88 Å². The fourth-order valence-electron chi connectivity index (χ4n) is 0.687. The molecule has 0 aromatic carbocycles.